The molecule has 9 heteroatoms. The van der Waals surface area contributed by atoms with E-state index in [0.29, 0.717) is 32.1 Å². The van der Waals surface area contributed by atoms with Crippen molar-refractivity contribution in [2.24, 2.45) is 0 Å². The number of hydrogen-bond donors (Lipinski definition) is 2. The average molecular weight is 476 g/mol. The molecule has 0 saturated carbocycles. The van der Waals surface area contributed by atoms with Crippen LogP contribution >= 0.6 is 46.8 Å². The molecule has 0 unspecified atom stereocenters. The van der Waals surface area contributed by atoms with Crippen LogP contribution < -0.4 is 10.6 Å². The average Bonchev–Trinajstić information content (AvgIpc) is 3.24. The van der Waals surface area contributed by atoms with E-state index in [1.54, 1.807) is 30.3 Å². The van der Waals surface area contributed by atoms with E-state index in [1.165, 1.54) is 23.5 Å². The molecule has 0 atom stereocenters. The Kier molecular flexibility index (Phi) is 6.95. The van der Waals surface area contributed by atoms with Crippen LogP contribution in [0.4, 0.5) is 5.00 Å². The van der Waals surface area contributed by atoms with Crippen LogP contribution in [-0.2, 0) is 4.79 Å². The number of benzene rings is 1. The Hall–Kier alpha value is -2.63. The Morgan fingerprint density at radius 3 is 2.60 bits per heavy atom. The number of thiophene rings is 1. The van der Waals surface area contributed by atoms with E-state index in [4.69, 9.17) is 39.8 Å². The zero-order valence-corrected chi connectivity index (χ0v) is 19.0. The molecular weight excluding hydrogens is 461 g/mol. The molecule has 5 nitrogen and oxygen atoms in total. The lowest BCUT2D eigenvalue weighted by molar-refractivity contribution is -0.115. The third-order valence-corrected chi connectivity index (χ3v) is 5.90. The lowest BCUT2D eigenvalue weighted by Crippen LogP contribution is -2.32. The minimum absolute atomic E-state index is 0.108. The van der Waals surface area contributed by atoms with E-state index in [9.17, 15) is 10.1 Å². The van der Waals surface area contributed by atoms with Crippen molar-refractivity contribution in [2.75, 3.05) is 5.32 Å². The highest BCUT2D eigenvalue weighted by Crippen LogP contribution is 2.31. The summed E-state index contributed by atoms with van der Waals surface area (Å²) in [7, 11) is 0. The van der Waals surface area contributed by atoms with E-state index < -0.39 is 5.91 Å². The maximum atomic E-state index is 12.1. The van der Waals surface area contributed by atoms with Crippen molar-refractivity contribution >= 4 is 68.9 Å². The van der Waals surface area contributed by atoms with Gasteiger partial charge in [0.15, 0.2) is 5.11 Å². The molecule has 1 aromatic carbocycles. The summed E-state index contributed by atoms with van der Waals surface area (Å²) < 4.78 is 5.71. The van der Waals surface area contributed by atoms with Gasteiger partial charge in [0.05, 0.1) is 5.56 Å². The topological polar surface area (TPSA) is 78.1 Å². The Labute approximate surface area is 192 Å². The summed E-state index contributed by atoms with van der Waals surface area (Å²) in [5.41, 5.74) is 2.15. The first-order valence-electron chi connectivity index (χ1n) is 8.63. The van der Waals surface area contributed by atoms with Gasteiger partial charge in [0.2, 0.25) is 5.91 Å². The second-order valence-electron chi connectivity index (χ2n) is 6.24. The summed E-state index contributed by atoms with van der Waals surface area (Å²) >= 11 is 18.6. The predicted octanol–water partition coefficient (Wildman–Crippen LogP) is 6.33. The van der Waals surface area contributed by atoms with Crippen LogP contribution in [0.3, 0.4) is 0 Å². The fourth-order valence-corrected chi connectivity index (χ4v) is 4.40. The molecule has 2 N–H and O–H groups in total. The van der Waals surface area contributed by atoms with Gasteiger partial charge < -0.3 is 9.73 Å². The number of hydrogen-bond acceptors (Lipinski definition) is 5. The molecule has 0 aliphatic heterocycles. The summed E-state index contributed by atoms with van der Waals surface area (Å²) in [6.07, 6.45) is 2.82. The number of halogens is 2. The monoisotopic (exact) mass is 475 g/mol. The summed E-state index contributed by atoms with van der Waals surface area (Å²) in [6, 6.07) is 10.7. The number of amides is 1. The van der Waals surface area contributed by atoms with E-state index in [-0.39, 0.29) is 5.11 Å². The van der Waals surface area contributed by atoms with Crippen LogP contribution in [-0.4, -0.2) is 11.0 Å². The first-order chi connectivity index (χ1) is 14.3. The number of furan rings is 1. The molecular formula is C21H15Cl2N3O2S2. The van der Waals surface area contributed by atoms with Gasteiger partial charge in [-0.2, -0.15) is 5.26 Å². The second kappa shape index (κ2) is 9.45. The fourth-order valence-electron chi connectivity index (χ4n) is 2.59. The number of nitriles is 1. The summed E-state index contributed by atoms with van der Waals surface area (Å²) in [5.74, 6) is 0.621. The minimum Gasteiger partial charge on any atom is -0.457 e. The van der Waals surface area contributed by atoms with Crippen LogP contribution in [0.2, 0.25) is 10.0 Å². The number of aryl methyl sites for hydroxylation is 1. The smallest absolute Gasteiger partial charge is 0.250 e. The molecule has 3 rings (SSSR count). The maximum absolute atomic E-state index is 12.1. The number of nitrogens with one attached hydrogen (secondary N) is 2. The summed E-state index contributed by atoms with van der Waals surface area (Å²) in [4.78, 5) is 13.2. The van der Waals surface area contributed by atoms with Gasteiger partial charge >= 0.3 is 0 Å². The largest absolute Gasteiger partial charge is 0.457 e. The van der Waals surface area contributed by atoms with Gasteiger partial charge in [0.25, 0.3) is 0 Å². The number of anilines is 1. The highest BCUT2D eigenvalue weighted by atomic mass is 35.5. The van der Waals surface area contributed by atoms with Crippen molar-refractivity contribution in [3.8, 4) is 17.4 Å². The van der Waals surface area contributed by atoms with Crippen LogP contribution in [0.5, 0.6) is 0 Å². The normalized spacial score (nSPS) is 10.8. The van der Waals surface area contributed by atoms with E-state index in [0.717, 1.165) is 16.0 Å². The first-order valence-corrected chi connectivity index (χ1v) is 10.6. The molecule has 0 radical (unpaired) electrons. The molecule has 0 aliphatic rings. The van der Waals surface area contributed by atoms with E-state index in [2.05, 4.69) is 16.7 Å². The molecule has 0 fully saturated rings. The van der Waals surface area contributed by atoms with Gasteiger partial charge in [-0.3, -0.25) is 10.1 Å². The minimum atomic E-state index is -0.431. The van der Waals surface area contributed by atoms with Crippen molar-refractivity contribution in [2.45, 2.75) is 13.8 Å². The predicted molar refractivity (Wildman–Crippen MR) is 126 cm³/mol. The van der Waals surface area contributed by atoms with Gasteiger partial charge in [-0.15, -0.1) is 11.3 Å². The molecule has 2 heterocycles. The SMILES string of the molecule is Cc1sc(NC(=S)NC(=O)/C=C/c2ccc(-c3cc(Cl)cc(Cl)c3)o2)c(C#N)c1C. The Morgan fingerprint density at radius 2 is 1.93 bits per heavy atom. The number of carbonyl (C=O) groups excluding carboxylic acids is 1. The third-order valence-electron chi connectivity index (χ3n) is 4.13. The summed E-state index contributed by atoms with van der Waals surface area (Å²) in [5, 5.41) is 16.5. The van der Waals surface area contributed by atoms with Gasteiger partial charge in [-0.1, -0.05) is 23.2 Å². The van der Waals surface area contributed by atoms with Crippen LogP contribution in [0.1, 0.15) is 21.8 Å². The lowest BCUT2D eigenvalue weighted by atomic mass is 10.2. The van der Waals surface area contributed by atoms with Crippen molar-refractivity contribution in [3.63, 3.8) is 0 Å². The zero-order valence-electron chi connectivity index (χ0n) is 15.9. The Balaban J connectivity index is 1.63. The van der Waals surface area contributed by atoms with Gasteiger partial charge in [0.1, 0.15) is 22.6 Å². The maximum Gasteiger partial charge on any atom is 0.250 e. The number of thiocarbonyl (C=S) groups is 1. The standard InChI is InChI=1S/C21H15Cl2N3O2S2/c1-11-12(2)30-20(17(11)10-24)26-21(29)25-19(27)6-4-16-3-5-18(28-16)13-7-14(22)9-15(23)8-13/h3-9H,1-2H3,(H2,25,26,27,29)/b6-4+. The molecule has 2 aromatic heterocycles. The fraction of sp³-hybridized carbons (Fsp3) is 0.0952. The van der Waals surface area contributed by atoms with Crippen LogP contribution in [0.25, 0.3) is 17.4 Å². The molecule has 0 bridgehead atoms. The molecule has 0 aliphatic carbocycles. The van der Waals surface area contributed by atoms with Gasteiger partial charge in [-0.05, 0) is 68.0 Å². The molecule has 0 saturated heterocycles. The zero-order chi connectivity index (χ0) is 21.8. The second-order valence-corrected chi connectivity index (χ2v) is 8.74. The van der Waals surface area contributed by atoms with Crippen molar-refractivity contribution in [1.82, 2.24) is 5.32 Å². The van der Waals surface area contributed by atoms with Gasteiger partial charge in [-0.25, -0.2) is 0 Å². The third kappa shape index (κ3) is 5.29. The van der Waals surface area contributed by atoms with Crippen LogP contribution in [0.15, 0.2) is 40.8 Å². The van der Waals surface area contributed by atoms with E-state index in [1.807, 2.05) is 13.8 Å². The van der Waals surface area contributed by atoms with Gasteiger partial charge in [0, 0.05) is 26.6 Å². The lowest BCUT2D eigenvalue weighted by Gasteiger charge is -2.06. The molecule has 30 heavy (non-hydrogen) atoms. The highest BCUT2D eigenvalue weighted by molar-refractivity contribution is 7.80. The van der Waals surface area contributed by atoms with Crippen molar-refractivity contribution < 1.29 is 9.21 Å². The quantitative estimate of drug-likeness (QED) is 0.340. The van der Waals surface area contributed by atoms with Crippen molar-refractivity contribution in [1.29, 1.82) is 5.26 Å². The van der Waals surface area contributed by atoms with Crippen LogP contribution in [0, 0.1) is 25.2 Å². The van der Waals surface area contributed by atoms with Crippen molar-refractivity contribution in [3.05, 3.63) is 68.2 Å². The first kappa shape index (κ1) is 22.1. The molecule has 3 aromatic rings. The number of carbonyl (C=O) groups is 1. The molecule has 152 valence electrons. The highest BCUT2D eigenvalue weighted by Gasteiger charge is 2.14. The molecule has 0 spiro atoms. The number of nitrogens with zero attached hydrogens (tertiary/aromatic N) is 1. The number of rotatable bonds is 4. The Bertz CT molecular complexity index is 1190. The molecule has 1 amide bonds. The Morgan fingerprint density at radius 1 is 1.23 bits per heavy atom. The van der Waals surface area contributed by atoms with E-state index >= 15 is 0 Å². The summed E-state index contributed by atoms with van der Waals surface area (Å²) in [6.45, 7) is 3.79.